The van der Waals surface area contributed by atoms with Crippen molar-refractivity contribution in [3.05, 3.63) is 23.3 Å². The van der Waals surface area contributed by atoms with Crippen LogP contribution in [0.4, 0.5) is 0 Å². The molecule has 0 bridgehead atoms. The summed E-state index contributed by atoms with van der Waals surface area (Å²) in [6.07, 6.45) is 7.53. The van der Waals surface area contributed by atoms with Crippen molar-refractivity contribution in [2.24, 2.45) is 5.92 Å². The van der Waals surface area contributed by atoms with Crippen molar-refractivity contribution >= 4 is 5.97 Å². The lowest BCUT2D eigenvalue weighted by atomic mass is 9.99. The van der Waals surface area contributed by atoms with E-state index < -0.39 is 0 Å². The highest BCUT2D eigenvalue weighted by Gasteiger charge is 2.26. The molecular formula is C19H27NO4. The second kappa shape index (κ2) is 7.88. The van der Waals surface area contributed by atoms with E-state index in [0.717, 1.165) is 50.0 Å². The molecule has 5 nitrogen and oxygen atoms in total. The van der Waals surface area contributed by atoms with E-state index in [1.54, 1.807) is 19.3 Å². The molecule has 0 saturated heterocycles. The van der Waals surface area contributed by atoms with Crippen LogP contribution in [0.5, 0.6) is 11.5 Å². The number of carbonyl (C=O) groups is 1. The highest BCUT2D eigenvalue weighted by molar-refractivity contribution is 5.72. The van der Waals surface area contributed by atoms with E-state index in [-0.39, 0.29) is 11.9 Å². The van der Waals surface area contributed by atoms with Gasteiger partial charge in [0.15, 0.2) is 11.5 Å². The van der Waals surface area contributed by atoms with Crippen LogP contribution < -0.4 is 9.47 Å². The normalized spacial score (nSPS) is 19.2. The molecule has 5 heteroatoms. The summed E-state index contributed by atoms with van der Waals surface area (Å²) >= 11 is 0. The second-order valence-electron chi connectivity index (χ2n) is 6.69. The van der Waals surface area contributed by atoms with Crippen molar-refractivity contribution in [3.63, 3.8) is 0 Å². The molecule has 1 aliphatic heterocycles. The molecule has 0 amide bonds. The third kappa shape index (κ3) is 3.83. The van der Waals surface area contributed by atoms with Gasteiger partial charge in [0.1, 0.15) is 0 Å². The van der Waals surface area contributed by atoms with Gasteiger partial charge in [-0.3, -0.25) is 4.79 Å². The molecule has 24 heavy (non-hydrogen) atoms. The van der Waals surface area contributed by atoms with Gasteiger partial charge in [-0.15, -0.1) is 5.06 Å². The Balaban J connectivity index is 1.65. The molecule has 1 aromatic rings. The Labute approximate surface area is 143 Å². The van der Waals surface area contributed by atoms with Crippen LogP contribution in [0.3, 0.4) is 0 Å². The number of nitrogens with zero attached hydrogens (tertiary/aromatic N) is 1. The summed E-state index contributed by atoms with van der Waals surface area (Å²) in [5.74, 6) is 1.48. The number of carbonyl (C=O) groups excluding carboxylic acids is 1. The second-order valence-corrected chi connectivity index (χ2v) is 6.69. The third-order valence-corrected chi connectivity index (χ3v) is 5.09. The number of methoxy groups -OCH3 is 2. The minimum atomic E-state index is -0.0548. The van der Waals surface area contributed by atoms with Crippen LogP contribution in [0.1, 0.15) is 49.7 Å². The van der Waals surface area contributed by atoms with Gasteiger partial charge < -0.3 is 14.3 Å². The molecule has 132 valence electrons. The first kappa shape index (κ1) is 17.1. The Morgan fingerprint density at radius 2 is 1.62 bits per heavy atom. The molecule has 3 rings (SSSR count). The van der Waals surface area contributed by atoms with Gasteiger partial charge in [-0.25, -0.2) is 0 Å². The molecule has 1 heterocycles. The first-order valence-electron chi connectivity index (χ1n) is 8.92. The lowest BCUT2D eigenvalue weighted by molar-refractivity contribution is -0.200. The number of ether oxygens (including phenoxy) is 2. The number of hydroxylamine groups is 2. The Bertz CT molecular complexity index is 579. The Hall–Kier alpha value is -1.75. The van der Waals surface area contributed by atoms with Gasteiger partial charge in [-0.2, -0.15) is 0 Å². The van der Waals surface area contributed by atoms with Crippen molar-refractivity contribution in [2.45, 2.75) is 51.5 Å². The fourth-order valence-electron chi connectivity index (χ4n) is 3.65. The van der Waals surface area contributed by atoms with Gasteiger partial charge in [0.2, 0.25) is 0 Å². The van der Waals surface area contributed by atoms with Crippen molar-refractivity contribution in [2.75, 3.05) is 20.8 Å². The molecule has 1 saturated carbocycles. The van der Waals surface area contributed by atoms with E-state index in [2.05, 4.69) is 0 Å². The Kier molecular flexibility index (Phi) is 5.61. The lowest BCUT2D eigenvalue weighted by Crippen LogP contribution is -2.35. The summed E-state index contributed by atoms with van der Waals surface area (Å²) in [5.41, 5.74) is 2.36. The quantitative estimate of drug-likeness (QED) is 0.790. The fraction of sp³-hybridized carbons (Fsp3) is 0.632. The molecule has 0 spiro atoms. The molecule has 0 aromatic heterocycles. The van der Waals surface area contributed by atoms with E-state index >= 15 is 0 Å². The predicted octanol–water partition coefficient (Wildman–Crippen LogP) is 3.49. The van der Waals surface area contributed by atoms with Gasteiger partial charge in [-0.05, 0) is 42.5 Å². The maximum absolute atomic E-state index is 12.4. The zero-order valence-electron chi connectivity index (χ0n) is 14.7. The first-order valence-corrected chi connectivity index (χ1v) is 8.92. The van der Waals surface area contributed by atoms with Crippen molar-refractivity contribution in [3.8, 4) is 11.5 Å². The van der Waals surface area contributed by atoms with Crippen LogP contribution in [0.25, 0.3) is 0 Å². The summed E-state index contributed by atoms with van der Waals surface area (Å²) in [4.78, 5) is 18.1. The zero-order valence-corrected chi connectivity index (χ0v) is 14.7. The number of hydrogen-bond acceptors (Lipinski definition) is 5. The van der Waals surface area contributed by atoms with Crippen molar-refractivity contribution < 1.29 is 19.1 Å². The minimum absolute atomic E-state index is 0.0548. The summed E-state index contributed by atoms with van der Waals surface area (Å²) < 4.78 is 10.7. The highest BCUT2D eigenvalue weighted by atomic mass is 16.7. The summed E-state index contributed by atoms with van der Waals surface area (Å²) in [7, 11) is 3.28. The summed E-state index contributed by atoms with van der Waals surface area (Å²) in [6, 6.07) is 4.01. The average molecular weight is 333 g/mol. The molecule has 1 fully saturated rings. The Morgan fingerprint density at radius 3 is 2.25 bits per heavy atom. The van der Waals surface area contributed by atoms with Crippen LogP contribution in [0.15, 0.2) is 12.1 Å². The molecular weight excluding hydrogens is 306 g/mol. The largest absolute Gasteiger partial charge is 0.493 e. The van der Waals surface area contributed by atoms with Crippen LogP contribution in [-0.2, 0) is 22.6 Å². The standard InChI is InChI=1S/C19H27NO4/c1-22-17-11-15-9-10-20(13-16(15)12-18(17)23-2)24-19(21)14-7-5-3-4-6-8-14/h11-12,14H,3-10,13H2,1-2H3. The maximum Gasteiger partial charge on any atom is 0.328 e. The fourth-order valence-corrected chi connectivity index (χ4v) is 3.65. The van der Waals surface area contributed by atoms with Crippen LogP contribution >= 0.6 is 0 Å². The topological polar surface area (TPSA) is 48.0 Å². The molecule has 1 aliphatic carbocycles. The van der Waals surface area contributed by atoms with E-state index in [1.807, 2.05) is 12.1 Å². The number of rotatable bonds is 4. The van der Waals surface area contributed by atoms with Gasteiger partial charge in [0.25, 0.3) is 0 Å². The van der Waals surface area contributed by atoms with Crippen LogP contribution in [0, 0.1) is 5.92 Å². The molecule has 0 radical (unpaired) electrons. The zero-order chi connectivity index (χ0) is 16.9. The van der Waals surface area contributed by atoms with Crippen LogP contribution in [-0.4, -0.2) is 31.8 Å². The van der Waals surface area contributed by atoms with E-state index in [4.69, 9.17) is 14.3 Å². The van der Waals surface area contributed by atoms with Gasteiger partial charge in [-0.1, -0.05) is 25.7 Å². The number of hydrogen-bond donors (Lipinski definition) is 0. The highest BCUT2D eigenvalue weighted by Crippen LogP contribution is 2.33. The summed E-state index contributed by atoms with van der Waals surface area (Å²) in [6.45, 7) is 1.33. The SMILES string of the molecule is COc1cc2c(cc1OC)CN(OC(=O)C1CCCCCC1)CC2. The van der Waals surface area contributed by atoms with Crippen molar-refractivity contribution in [1.29, 1.82) is 0 Å². The van der Waals surface area contributed by atoms with Gasteiger partial charge in [0, 0.05) is 6.54 Å². The first-order chi connectivity index (χ1) is 11.7. The minimum Gasteiger partial charge on any atom is -0.493 e. The average Bonchev–Trinajstić information content (AvgIpc) is 2.89. The number of fused-ring (bicyclic) bond motifs is 1. The van der Waals surface area contributed by atoms with E-state index in [0.29, 0.717) is 12.3 Å². The third-order valence-electron chi connectivity index (χ3n) is 5.09. The number of benzene rings is 1. The molecule has 1 aromatic carbocycles. The molecule has 2 aliphatic rings. The molecule has 0 unspecified atom stereocenters. The predicted molar refractivity (Wildman–Crippen MR) is 90.9 cm³/mol. The molecule has 0 N–H and O–H groups in total. The van der Waals surface area contributed by atoms with E-state index in [9.17, 15) is 4.79 Å². The summed E-state index contributed by atoms with van der Waals surface area (Å²) in [5, 5.41) is 1.79. The smallest absolute Gasteiger partial charge is 0.328 e. The Morgan fingerprint density at radius 1 is 1.00 bits per heavy atom. The maximum atomic E-state index is 12.4. The van der Waals surface area contributed by atoms with E-state index in [1.165, 1.54) is 18.4 Å². The lowest BCUT2D eigenvalue weighted by Gasteiger charge is -2.29. The monoisotopic (exact) mass is 333 g/mol. The molecule has 0 atom stereocenters. The van der Waals surface area contributed by atoms with Gasteiger partial charge in [0.05, 0.1) is 26.7 Å². The van der Waals surface area contributed by atoms with Gasteiger partial charge >= 0.3 is 5.97 Å². The van der Waals surface area contributed by atoms with Crippen molar-refractivity contribution in [1.82, 2.24) is 5.06 Å². The van der Waals surface area contributed by atoms with Crippen LogP contribution in [0.2, 0.25) is 0 Å².